The molecule has 4 aromatic rings. The lowest BCUT2D eigenvalue weighted by Crippen LogP contribution is -2.32. The maximum atomic E-state index is 6.67. The maximum absolute atomic E-state index is 6.67. The lowest BCUT2D eigenvalue weighted by Gasteiger charge is -2.39. The zero-order valence-electron chi connectivity index (χ0n) is 19.1. The van der Waals surface area contributed by atoms with E-state index in [0.717, 1.165) is 45.2 Å². The van der Waals surface area contributed by atoms with Crippen molar-refractivity contribution in [3.05, 3.63) is 101 Å². The highest BCUT2D eigenvalue weighted by atomic mass is 16.5. The number of aryl methyl sites for hydroxylation is 1. The Hall–Kier alpha value is -4.26. The summed E-state index contributed by atoms with van der Waals surface area (Å²) >= 11 is 0. The van der Waals surface area contributed by atoms with E-state index in [1.54, 1.807) is 20.5 Å². The fraction of sp³-hybridized carbons (Fsp3) is 0.185. The van der Waals surface area contributed by atoms with Crippen LogP contribution in [-0.2, 0) is 0 Å². The Balaban J connectivity index is 1.60. The van der Waals surface area contributed by atoms with Gasteiger partial charge in [0.2, 0.25) is 5.95 Å². The molecule has 2 aliphatic heterocycles. The molecule has 0 fully saturated rings. The van der Waals surface area contributed by atoms with Gasteiger partial charge in [0.25, 0.3) is 0 Å². The first-order valence-electron chi connectivity index (χ1n) is 11.1. The van der Waals surface area contributed by atoms with Gasteiger partial charge in [-0.25, -0.2) is 4.68 Å². The molecule has 2 aliphatic rings. The molecular weight excluding hydrogens is 428 g/mol. The number of aromatic nitrogens is 3. The summed E-state index contributed by atoms with van der Waals surface area (Å²) < 4.78 is 19.5. The minimum atomic E-state index is -0.335. The molecule has 7 nitrogen and oxygen atoms in total. The molecule has 1 aromatic heterocycles. The lowest BCUT2D eigenvalue weighted by atomic mass is 9.84. The van der Waals surface area contributed by atoms with Crippen LogP contribution in [0.25, 0.3) is 5.70 Å². The van der Waals surface area contributed by atoms with Gasteiger partial charge in [-0.2, -0.15) is 10.1 Å². The Labute approximate surface area is 197 Å². The van der Waals surface area contributed by atoms with Crippen molar-refractivity contribution in [2.75, 3.05) is 19.5 Å². The third-order valence-electron chi connectivity index (χ3n) is 6.43. The second-order valence-corrected chi connectivity index (χ2v) is 8.43. The number of nitrogens with one attached hydrogen (secondary N) is 1. The van der Waals surface area contributed by atoms with Crippen LogP contribution in [0.3, 0.4) is 0 Å². The smallest absolute Gasteiger partial charge is 0.226 e. The molecule has 170 valence electrons. The highest BCUT2D eigenvalue weighted by Gasteiger charge is 2.41. The maximum Gasteiger partial charge on any atom is 0.226 e. The minimum Gasteiger partial charge on any atom is -0.497 e. The van der Waals surface area contributed by atoms with Crippen molar-refractivity contribution in [2.45, 2.75) is 19.1 Å². The third kappa shape index (κ3) is 3.20. The zero-order valence-corrected chi connectivity index (χ0v) is 19.1. The van der Waals surface area contributed by atoms with Crippen LogP contribution in [0.5, 0.6) is 17.2 Å². The molecular formula is C27H24N4O3. The van der Waals surface area contributed by atoms with Crippen LogP contribution >= 0.6 is 0 Å². The number of benzene rings is 3. The fourth-order valence-corrected chi connectivity index (χ4v) is 4.70. The standard InChI is InChI=1S/C27H24N4O3/c1-16-4-6-17(7-5-16)25-23-24(30-27-28-15-29-31(25)27)21-14-20(33-3)12-13-22(21)34-26(23)18-8-10-19(32-2)11-9-18/h4-15,25-26H,1-3H3,(H,28,29,30)/t25-,26+/m1/s1. The van der Waals surface area contributed by atoms with Crippen LogP contribution in [0.15, 0.2) is 78.6 Å². The molecule has 0 unspecified atom stereocenters. The molecule has 1 N–H and O–H groups in total. The summed E-state index contributed by atoms with van der Waals surface area (Å²) in [5.41, 5.74) is 6.30. The number of fused-ring (bicyclic) bond motifs is 3. The van der Waals surface area contributed by atoms with Gasteiger partial charge in [0.05, 0.1) is 19.9 Å². The Morgan fingerprint density at radius 1 is 0.882 bits per heavy atom. The van der Waals surface area contributed by atoms with E-state index in [-0.39, 0.29) is 12.1 Å². The summed E-state index contributed by atoms with van der Waals surface area (Å²) in [6.45, 7) is 2.09. The summed E-state index contributed by atoms with van der Waals surface area (Å²) in [5.74, 6) is 3.03. The molecule has 0 aliphatic carbocycles. The quantitative estimate of drug-likeness (QED) is 0.461. The van der Waals surface area contributed by atoms with E-state index in [9.17, 15) is 0 Å². The fourth-order valence-electron chi connectivity index (χ4n) is 4.70. The van der Waals surface area contributed by atoms with Crippen molar-refractivity contribution in [1.29, 1.82) is 0 Å². The summed E-state index contributed by atoms with van der Waals surface area (Å²) in [7, 11) is 3.34. The summed E-state index contributed by atoms with van der Waals surface area (Å²) in [6.07, 6.45) is 1.25. The molecule has 2 atom stereocenters. The number of hydrogen-bond donors (Lipinski definition) is 1. The van der Waals surface area contributed by atoms with Gasteiger partial charge in [-0.3, -0.25) is 0 Å². The first kappa shape index (κ1) is 20.4. The number of rotatable bonds is 4. The Bertz CT molecular complexity index is 1390. The second-order valence-electron chi connectivity index (χ2n) is 8.43. The average Bonchev–Trinajstić information content (AvgIpc) is 3.36. The molecule has 0 radical (unpaired) electrons. The highest BCUT2D eigenvalue weighted by molar-refractivity contribution is 5.85. The summed E-state index contributed by atoms with van der Waals surface area (Å²) in [6, 6.07) is 22.2. The Morgan fingerprint density at radius 2 is 1.59 bits per heavy atom. The van der Waals surface area contributed by atoms with E-state index in [2.05, 4.69) is 46.6 Å². The van der Waals surface area contributed by atoms with Crippen molar-refractivity contribution in [3.8, 4) is 17.2 Å². The van der Waals surface area contributed by atoms with Gasteiger partial charge in [-0.05, 0) is 48.4 Å². The van der Waals surface area contributed by atoms with Crippen molar-refractivity contribution in [3.63, 3.8) is 0 Å². The van der Waals surface area contributed by atoms with Crippen LogP contribution in [0, 0.1) is 6.92 Å². The van der Waals surface area contributed by atoms with Gasteiger partial charge < -0.3 is 19.5 Å². The highest BCUT2D eigenvalue weighted by Crippen LogP contribution is 2.51. The third-order valence-corrected chi connectivity index (χ3v) is 6.43. The van der Waals surface area contributed by atoms with Crippen LogP contribution in [0.4, 0.5) is 5.95 Å². The lowest BCUT2D eigenvalue weighted by molar-refractivity contribution is 0.222. The van der Waals surface area contributed by atoms with E-state index < -0.39 is 0 Å². The van der Waals surface area contributed by atoms with E-state index >= 15 is 0 Å². The van der Waals surface area contributed by atoms with Gasteiger partial charge in [0.1, 0.15) is 35.7 Å². The van der Waals surface area contributed by atoms with Gasteiger partial charge in [0, 0.05) is 11.1 Å². The monoisotopic (exact) mass is 452 g/mol. The second kappa shape index (κ2) is 7.95. The Kier molecular flexibility index (Phi) is 4.76. The molecule has 0 amide bonds. The number of anilines is 1. The van der Waals surface area contributed by atoms with Gasteiger partial charge >= 0.3 is 0 Å². The van der Waals surface area contributed by atoms with Crippen molar-refractivity contribution in [2.24, 2.45) is 0 Å². The minimum absolute atomic E-state index is 0.194. The predicted octanol–water partition coefficient (Wildman–Crippen LogP) is 5.16. The average molecular weight is 453 g/mol. The molecule has 3 aromatic carbocycles. The van der Waals surface area contributed by atoms with Crippen LogP contribution in [-0.4, -0.2) is 29.0 Å². The number of methoxy groups -OCH3 is 2. The Morgan fingerprint density at radius 3 is 2.32 bits per heavy atom. The van der Waals surface area contributed by atoms with E-state index in [0.29, 0.717) is 5.95 Å². The number of nitrogens with zero attached hydrogens (tertiary/aromatic N) is 3. The SMILES string of the molecule is COc1ccc([C@@H]2Oc3ccc(OC)cc3C3=C2[C@@H](c2ccc(C)cc2)n2ncnc2N3)cc1. The van der Waals surface area contributed by atoms with Crippen molar-refractivity contribution >= 4 is 11.6 Å². The number of hydrogen-bond acceptors (Lipinski definition) is 6. The van der Waals surface area contributed by atoms with Gasteiger partial charge in [-0.15, -0.1) is 0 Å². The molecule has 0 saturated carbocycles. The van der Waals surface area contributed by atoms with Crippen molar-refractivity contribution < 1.29 is 14.2 Å². The molecule has 7 heteroatoms. The zero-order chi connectivity index (χ0) is 23.2. The van der Waals surface area contributed by atoms with Gasteiger partial charge in [-0.1, -0.05) is 42.0 Å². The topological polar surface area (TPSA) is 70.4 Å². The largest absolute Gasteiger partial charge is 0.497 e. The molecule has 0 bridgehead atoms. The predicted molar refractivity (Wildman–Crippen MR) is 129 cm³/mol. The van der Waals surface area contributed by atoms with Crippen LogP contribution < -0.4 is 19.5 Å². The van der Waals surface area contributed by atoms with E-state index in [1.807, 2.05) is 47.1 Å². The van der Waals surface area contributed by atoms with E-state index in [4.69, 9.17) is 14.2 Å². The molecule has 34 heavy (non-hydrogen) atoms. The van der Waals surface area contributed by atoms with Crippen LogP contribution in [0.1, 0.15) is 34.4 Å². The van der Waals surface area contributed by atoms with Crippen molar-refractivity contribution in [1.82, 2.24) is 14.8 Å². The van der Waals surface area contributed by atoms with Gasteiger partial charge in [0.15, 0.2) is 0 Å². The normalized spacial score (nSPS) is 18.2. The summed E-state index contributed by atoms with van der Waals surface area (Å²) in [4.78, 5) is 4.50. The molecule has 6 rings (SSSR count). The molecule has 0 spiro atoms. The van der Waals surface area contributed by atoms with E-state index in [1.165, 1.54) is 5.56 Å². The molecule has 3 heterocycles. The first-order chi connectivity index (χ1) is 16.7. The summed E-state index contributed by atoms with van der Waals surface area (Å²) in [5, 5.41) is 8.11. The number of ether oxygens (including phenoxy) is 3. The van der Waals surface area contributed by atoms with Crippen LogP contribution in [0.2, 0.25) is 0 Å². The first-order valence-corrected chi connectivity index (χ1v) is 11.1. The molecule has 0 saturated heterocycles.